The van der Waals surface area contributed by atoms with Gasteiger partial charge in [-0.15, -0.1) is 0 Å². The van der Waals surface area contributed by atoms with Crippen LogP contribution < -0.4 is 5.32 Å². The predicted molar refractivity (Wildman–Crippen MR) is 56.4 cm³/mol. The lowest BCUT2D eigenvalue weighted by Crippen LogP contribution is -2.04. The minimum absolute atomic E-state index is 0.514. The van der Waals surface area contributed by atoms with Gasteiger partial charge in [-0.2, -0.15) is 10.2 Å². The topological polar surface area (TPSA) is 63.6 Å². The normalized spacial score (nSPS) is 9.93. The zero-order valence-corrected chi connectivity index (χ0v) is 8.52. The zero-order chi connectivity index (χ0) is 10.5. The molecule has 0 radical (unpaired) electrons. The van der Waals surface area contributed by atoms with Crippen molar-refractivity contribution in [3.05, 3.63) is 41.4 Å². The maximum atomic E-state index is 5.65. The van der Waals surface area contributed by atoms with Crippen LogP contribution in [0.15, 0.2) is 30.7 Å². The fourth-order valence-corrected chi connectivity index (χ4v) is 1.10. The maximum Gasteiger partial charge on any atom is 0.222 e. The van der Waals surface area contributed by atoms with Crippen LogP contribution in [-0.2, 0) is 6.54 Å². The van der Waals surface area contributed by atoms with Crippen LogP contribution in [-0.4, -0.2) is 20.2 Å². The molecule has 1 N–H and O–H groups in total. The molecule has 0 bridgehead atoms. The summed E-state index contributed by atoms with van der Waals surface area (Å²) in [7, 11) is 0. The van der Waals surface area contributed by atoms with Gasteiger partial charge in [-0.3, -0.25) is 0 Å². The van der Waals surface area contributed by atoms with Crippen molar-refractivity contribution in [2.75, 3.05) is 5.32 Å². The Balaban J connectivity index is 1.96. The van der Waals surface area contributed by atoms with Crippen LogP contribution in [0.5, 0.6) is 0 Å². The molecule has 0 fully saturated rings. The molecule has 0 amide bonds. The maximum absolute atomic E-state index is 5.65. The molecule has 0 spiro atoms. The van der Waals surface area contributed by atoms with Gasteiger partial charge in [0.05, 0.1) is 29.7 Å². The summed E-state index contributed by atoms with van der Waals surface area (Å²) < 4.78 is 0. The highest BCUT2D eigenvalue weighted by atomic mass is 35.5. The second-order valence-corrected chi connectivity index (χ2v) is 3.23. The standard InChI is InChI=1S/C9H8ClN5/c10-7-4-11-9(12-5-7)13-6-8-2-1-3-14-15-8/h1-5H,6H2,(H,11,12,13). The minimum atomic E-state index is 0.514. The van der Waals surface area contributed by atoms with Crippen molar-refractivity contribution in [3.8, 4) is 0 Å². The minimum Gasteiger partial charge on any atom is -0.348 e. The van der Waals surface area contributed by atoms with Crippen LogP contribution in [0.25, 0.3) is 0 Å². The van der Waals surface area contributed by atoms with E-state index in [1.54, 1.807) is 6.20 Å². The van der Waals surface area contributed by atoms with Crippen molar-refractivity contribution < 1.29 is 0 Å². The SMILES string of the molecule is Clc1cnc(NCc2cccnn2)nc1. The molecule has 0 aliphatic rings. The van der Waals surface area contributed by atoms with E-state index in [0.29, 0.717) is 17.5 Å². The number of hydrogen-bond donors (Lipinski definition) is 1. The molecule has 2 aromatic rings. The van der Waals surface area contributed by atoms with Gasteiger partial charge in [-0.25, -0.2) is 9.97 Å². The third kappa shape index (κ3) is 2.85. The average Bonchev–Trinajstić information content (AvgIpc) is 2.30. The number of rotatable bonds is 3. The number of nitrogens with one attached hydrogen (secondary N) is 1. The van der Waals surface area contributed by atoms with Crippen molar-refractivity contribution in [3.63, 3.8) is 0 Å². The van der Waals surface area contributed by atoms with Crippen molar-refractivity contribution in [1.82, 2.24) is 20.2 Å². The Kier molecular flexibility index (Phi) is 3.04. The molecular weight excluding hydrogens is 214 g/mol. The number of nitrogens with zero attached hydrogens (tertiary/aromatic N) is 4. The Bertz CT molecular complexity index is 416. The Labute approximate surface area is 91.6 Å². The van der Waals surface area contributed by atoms with Crippen LogP contribution in [0.3, 0.4) is 0 Å². The quantitative estimate of drug-likeness (QED) is 0.852. The monoisotopic (exact) mass is 221 g/mol. The van der Waals surface area contributed by atoms with Crippen molar-refractivity contribution in [2.45, 2.75) is 6.54 Å². The van der Waals surface area contributed by atoms with Gasteiger partial charge in [0, 0.05) is 6.20 Å². The van der Waals surface area contributed by atoms with Gasteiger partial charge in [0.2, 0.25) is 5.95 Å². The smallest absolute Gasteiger partial charge is 0.222 e. The first-order chi connectivity index (χ1) is 7.34. The average molecular weight is 222 g/mol. The van der Waals surface area contributed by atoms with Crippen LogP contribution in [0.2, 0.25) is 5.02 Å². The predicted octanol–water partition coefficient (Wildman–Crippen LogP) is 1.53. The lowest BCUT2D eigenvalue weighted by molar-refractivity contribution is 0.913. The molecule has 0 saturated heterocycles. The molecule has 0 aliphatic carbocycles. The molecule has 6 heteroatoms. The third-order valence-corrected chi connectivity index (χ3v) is 1.87. The Morgan fingerprint density at radius 1 is 1.27 bits per heavy atom. The molecule has 0 aromatic carbocycles. The number of aromatic nitrogens is 4. The summed E-state index contributed by atoms with van der Waals surface area (Å²) in [6.45, 7) is 0.537. The molecule has 0 unspecified atom stereocenters. The summed E-state index contributed by atoms with van der Waals surface area (Å²) in [5.74, 6) is 0.519. The second-order valence-electron chi connectivity index (χ2n) is 2.79. The molecule has 2 aromatic heterocycles. The van der Waals surface area contributed by atoms with Gasteiger partial charge in [0.25, 0.3) is 0 Å². The highest BCUT2D eigenvalue weighted by molar-refractivity contribution is 6.30. The van der Waals surface area contributed by atoms with Crippen molar-refractivity contribution in [2.24, 2.45) is 0 Å². The van der Waals surface area contributed by atoms with Gasteiger partial charge < -0.3 is 5.32 Å². The summed E-state index contributed by atoms with van der Waals surface area (Å²) in [5.41, 5.74) is 0.830. The second kappa shape index (κ2) is 4.65. The van der Waals surface area contributed by atoms with Crippen LogP contribution >= 0.6 is 11.6 Å². The first-order valence-electron chi connectivity index (χ1n) is 4.32. The molecule has 2 rings (SSSR count). The lowest BCUT2D eigenvalue weighted by Gasteiger charge is -2.02. The molecule has 15 heavy (non-hydrogen) atoms. The fourth-order valence-electron chi connectivity index (χ4n) is 1.00. The van der Waals surface area contributed by atoms with E-state index in [9.17, 15) is 0 Å². The highest BCUT2D eigenvalue weighted by Crippen LogP contribution is 2.06. The zero-order valence-electron chi connectivity index (χ0n) is 7.76. The van der Waals surface area contributed by atoms with Gasteiger partial charge in [-0.05, 0) is 12.1 Å². The Hall–Kier alpha value is -1.75. The van der Waals surface area contributed by atoms with E-state index < -0.39 is 0 Å². The van der Waals surface area contributed by atoms with Crippen molar-refractivity contribution >= 4 is 17.5 Å². The van der Waals surface area contributed by atoms with E-state index in [4.69, 9.17) is 11.6 Å². The summed E-state index contributed by atoms with van der Waals surface area (Å²) in [5, 5.41) is 11.2. The molecule has 0 aliphatic heterocycles. The molecule has 0 saturated carbocycles. The van der Waals surface area contributed by atoms with E-state index in [2.05, 4.69) is 25.5 Å². The largest absolute Gasteiger partial charge is 0.348 e. The van der Waals surface area contributed by atoms with E-state index in [0.717, 1.165) is 5.69 Å². The molecule has 2 heterocycles. The van der Waals surface area contributed by atoms with E-state index in [1.165, 1.54) is 12.4 Å². The molecule has 0 atom stereocenters. The van der Waals surface area contributed by atoms with E-state index in [-0.39, 0.29) is 0 Å². The van der Waals surface area contributed by atoms with E-state index >= 15 is 0 Å². The lowest BCUT2D eigenvalue weighted by atomic mass is 10.4. The van der Waals surface area contributed by atoms with Gasteiger partial charge >= 0.3 is 0 Å². The van der Waals surface area contributed by atoms with Gasteiger partial charge in [0.1, 0.15) is 0 Å². The summed E-state index contributed by atoms with van der Waals surface area (Å²) in [6.07, 6.45) is 4.70. The number of anilines is 1. The molecule has 76 valence electrons. The molecule has 5 nitrogen and oxygen atoms in total. The Morgan fingerprint density at radius 2 is 2.07 bits per heavy atom. The summed E-state index contributed by atoms with van der Waals surface area (Å²) >= 11 is 5.65. The van der Waals surface area contributed by atoms with Gasteiger partial charge in [0.15, 0.2) is 0 Å². The van der Waals surface area contributed by atoms with Crippen LogP contribution in [0.4, 0.5) is 5.95 Å². The number of halogens is 1. The van der Waals surface area contributed by atoms with Crippen molar-refractivity contribution in [1.29, 1.82) is 0 Å². The highest BCUT2D eigenvalue weighted by Gasteiger charge is 1.97. The molecular formula is C9H8ClN5. The van der Waals surface area contributed by atoms with Crippen LogP contribution in [0, 0.1) is 0 Å². The first kappa shape index (κ1) is 9.79. The third-order valence-electron chi connectivity index (χ3n) is 1.68. The first-order valence-corrected chi connectivity index (χ1v) is 4.70. The Morgan fingerprint density at radius 3 is 2.73 bits per heavy atom. The van der Waals surface area contributed by atoms with Crippen LogP contribution in [0.1, 0.15) is 5.69 Å². The van der Waals surface area contributed by atoms with E-state index in [1.807, 2.05) is 12.1 Å². The summed E-state index contributed by atoms with van der Waals surface area (Å²) in [6, 6.07) is 3.70. The fraction of sp³-hybridized carbons (Fsp3) is 0.111. The summed E-state index contributed by atoms with van der Waals surface area (Å²) in [4.78, 5) is 7.98. The van der Waals surface area contributed by atoms with Gasteiger partial charge in [-0.1, -0.05) is 11.6 Å². The number of hydrogen-bond acceptors (Lipinski definition) is 5.